The molecule has 0 bridgehead atoms. The van der Waals surface area contributed by atoms with Crippen molar-refractivity contribution in [2.24, 2.45) is 0 Å². The molecule has 0 spiro atoms. The number of benzene rings is 1. The lowest BCUT2D eigenvalue weighted by atomic mass is 10.1. The number of rotatable bonds is 6. The molecule has 3 aromatic heterocycles. The molecule has 2 amide bonds. The van der Waals surface area contributed by atoms with Gasteiger partial charge in [-0.1, -0.05) is 31.3 Å². The summed E-state index contributed by atoms with van der Waals surface area (Å²) < 4.78 is 5.80. The highest BCUT2D eigenvalue weighted by Crippen LogP contribution is 2.38. The molecule has 1 atom stereocenters. The minimum atomic E-state index is -0.703. The van der Waals surface area contributed by atoms with Gasteiger partial charge in [-0.25, -0.2) is 4.98 Å². The van der Waals surface area contributed by atoms with Crippen molar-refractivity contribution in [3.05, 3.63) is 53.0 Å². The van der Waals surface area contributed by atoms with Gasteiger partial charge >= 0.3 is 0 Å². The summed E-state index contributed by atoms with van der Waals surface area (Å²) in [5.74, 6) is 0.0969. The number of hydrogen-bond donors (Lipinski definition) is 1. The van der Waals surface area contributed by atoms with E-state index in [4.69, 9.17) is 9.72 Å². The van der Waals surface area contributed by atoms with Gasteiger partial charge in [0.05, 0.1) is 17.1 Å². The highest BCUT2D eigenvalue weighted by molar-refractivity contribution is 7.15. The van der Waals surface area contributed by atoms with Gasteiger partial charge in [-0.2, -0.15) is 0 Å². The Balaban J connectivity index is 1.40. The second kappa shape index (κ2) is 9.51. The van der Waals surface area contributed by atoms with Crippen LogP contribution >= 0.6 is 22.7 Å². The lowest BCUT2D eigenvalue weighted by Crippen LogP contribution is -2.47. The number of carbonyl (C=O) groups is 2. The maximum Gasteiger partial charge on any atom is 0.268 e. The van der Waals surface area contributed by atoms with Gasteiger partial charge in [-0.05, 0) is 37.3 Å². The largest absolute Gasteiger partial charge is 0.479 e. The number of aromatic nitrogens is 4. The predicted molar refractivity (Wildman–Crippen MR) is 136 cm³/mol. The molecule has 1 N–H and O–H groups in total. The maximum absolute atomic E-state index is 13.0. The van der Waals surface area contributed by atoms with E-state index in [1.165, 1.54) is 27.6 Å². The molecule has 5 rings (SSSR count). The Bertz CT molecular complexity index is 1380. The second-order valence-electron chi connectivity index (χ2n) is 8.27. The van der Waals surface area contributed by atoms with Gasteiger partial charge in [-0.3, -0.25) is 24.8 Å². The normalized spacial score (nSPS) is 15.1. The van der Waals surface area contributed by atoms with Gasteiger partial charge in [0.25, 0.3) is 5.91 Å². The Morgan fingerprint density at radius 3 is 2.80 bits per heavy atom. The summed E-state index contributed by atoms with van der Waals surface area (Å²) in [5.41, 5.74) is 2.88. The zero-order chi connectivity index (χ0) is 24.5. The Labute approximate surface area is 209 Å². The fourth-order valence-corrected chi connectivity index (χ4v) is 5.13. The molecule has 9 nitrogen and oxygen atoms in total. The zero-order valence-corrected chi connectivity index (χ0v) is 20.9. The highest BCUT2D eigenvalue weighted by atomic mass is 32.1. The van der Waals surface area contributed by atoms with E-state index in [1.54, 1.807) is 19.2 Å². The zero-order valence-electron chi connectivity index (χ0n) is 19.3. The van der Waals surface area contributed by atoms with E-state index in [2.05, 4.69) is 20.5 Å². The fraction of sp³-hybridized carbons (Fsp3) is 0.250. The van der Waals surface area contributed by atoms with Gasteiger partial charge in [0.1, 0.15) is 22.3 Å². The molecule has 11 heteroatoms. The molecule has 1 aliphatic heterocycles. The third-order valence-electron chi connectivity index (χ3n) is 5.33. The minimum absolute atomic E-state index is 0.171. The quantitative estimate of drug-likeness (QED) is 0.407. The van der Waals surface area contributed by atoms with Gasteiger partial charge in [0.15, 0.2) is 6.10 Å². The van der Waals surface area contributed by atoms with Gasteiger partial charge in [0.2, 0.25) is 11.0 Å². The summed E-state index contributed by atoms with van der Waals surface area (Å²) in [6.07, 6.45) is 1.03. The smallest absolute Gasteiger partial charge is 0.268 e. The number of fused-ring (bicyclic) bond motifs is 1. The molecule has 0 saturated carbocycles. The van der Waals surface area contributed by atoms with Gasteiger partial charge in [0, 0.05) is 23.1 Å². The number of pyridine rings is 1. The number of carbonyl (C=O) groups excluding carboxylic acids is 2. The van der Waals surface area contributed by atoms with Gasteiger partial charge < -0.3 is 4.74 Å². The molecule has 1 aliphatic rings. The van der Waals surface area contributed by atoms with Crippen molar-refractivity contribution in [3.8, 4) is 27.7 Å². The molecule has 4 heterocycles. The van der Waals surface area contributed by atoms with Crippen LogP contribution in [0.1, 0.15) is 31.7 Å². The first kappa shape index (κ1) is 23.1. The van der Waals surface area contributed by atoms with Crippen molar-refractivity contribution in [1.82, 2.24) is 20.2 Å². The van der Waals surface area contributed by atoms with E-state index < -0.39 is 6.10 Å². The number of amides is 2. The van der Waals surface area contributed by atoms with Crippen LogP contribution in [0.3, 0.4) is 0 Å². The molecule has 1 aromatic carbocycles. The monoisotopic (exact) mass is 506 g/mol. The Kier molecular flexibility index (Phi) is 6.27. The Hall–Kier alpha value is -3.70. The Morgan fingerprint density at radius 2 is 2.06 bits per heavy atom. The number of nitrogens with zero attached hydrogens (tertiary/aromatic N) is 5. The van der Waals surface area contributed by atoms with E-state index >= 15 is 0 Å². The van der Waals surface area contributed by atoms with Crippen LogP contribution in [-0.4, -0.2) is 44.6 Å². The molecular weight excluding hydrogens is 484 g/mol. The van der Waals surface area contributed by atoms with Crippen LogP contribution in [0.15, 0.2) is 48.0 Å². The summed E-state index contributed by atoms with van der Waals surface area (Å²) in [4.78, 5) is 36.3. The first-order chi connectivity index (χ1) is 16.9. The molecule has 178 valence electrons. The van der Waals surface area contributed by atoms with Crippen molar-refractivity contribution in [2.45, 2.75) is 32.8 Å². The first-order valence-corrected chi connectivity index (χ1v) is 12.7. The molecule has 35 heavy (non-hydrogen) atoms. The van der Waals surface area contributed by atoms with Crippen molar-refractivity contribution in [1.29, 1.82) is 0 Å². The highest BCUT2D eigenvalue weighted by Gasteiger charge is 2.33. The van der Waals surface area contributed by atoms with Crippen LogP contribution in [0.5, 0.6) is 5.75 Å². The van der Waals surface area contributed by atoms with Crippen LogP contribution < -0.4 is 15.0 Å². The average Bonchev–Trinajstić information content (AvgIpc) is 3.53. The molecule has 4 aromatic rings. The number of ether oxygens (including phenoxy) is 1. The molecule has 0 saturated heterocycles. The van der Waals surface area contributed by atoms with Crippen LogP contribution in [0.25, 0.3) is 22.0 Å². The fourth-order valence-electron chi connectivity index (χ4n) is 3.56. The predicted octanol–water partition coefficient (Wildman–Crippen LogP) is 4.60. The third kappa shape index (κ3) is 4.77. The van der Waals surface area contributed by atoms with Crippen LogP contribution in [0.4, 0.5) is 10.8 Å². The van der Waals surface area contributed by atoms with Crippen LogP contribution in [0, 0.1) is 0 Å². The first-order valence-electron chi connectivity index (χ1n) is 11.0. The number of anilines is 2. The molecular formula is C24H22N6O3S2. The summed E-state index contributed by atoms with van der Waals surface area (Å²) in [5, 5.41) is 14.9. The van der Waals surface area contributed by atoms with Crippen molar-refractivity contribution in [3.63, 3.8) is 0 Å². The third-order valence-corrected chi connectivity index (χ3v) is 7.34. The summed E-state index contributed by atoms with van der Waals surface area (Å²) in [7, 11) is 0. The Morgan fingerprint density at radius 1 is 1.20 bits per heavy atom. The topological polar surface area (TPSA) is 110 Å². The number of thiazole rings is 1. The number of nitrogens with one attached hydrogen (secondary N) is 1. The van der Waals surface area contributed by atoms with E-state index in [0.717, 1.165) is 27.0 Å². The van der Waals surface area contributed by atoms with Crippen molar-refractivity contribution >= 4 is 45.3 Å². The van der Waals surface area contributed by atoms with E-state index in [9.17, 15) is 9.59 Å². The summed E-state index contributed by atoms with van der Waals surface area (Å²) in [6, 6.07) is 11.2. The minimum Gasteiger partial charge on any atom is -0.479 e. The summed E-state index contributed by atoms with van der Waals surface area (Å²) >= 11 is 2.82. The van der Waals surface area contributed by atoms with Gasteiger partial charge in [-0.15, -0.1) is 21.5 Å². The van der Waals surface area contributed by atoms with E-state index in [0.29, 0.717) is 16.6 Å². The van der Waals surface area contributed by atoms with E-state index in [-0.39, 0.29) is 24.3 Å². The van der Waals surface area contributed by atoms with Crippen molar-refractivity contribution < 1.29 is 14.3 Å². The SMILES string of the molecule is CC1Oc2ccc(-c3csc(-c4ccccn4)n3)cc2N(CC(=O)Nc2nnc(C(C)C)s2)C1=O. The second-order valence-corrected chi connectivity index (χ2v) is 10.1. The lowest BCUT2D eigenvalue weighted by Gasteiger charge is -2.32. The standard InChI is InChI=1S/C24H22N6O3S2/c1-13(2)21-28-29-24(35-21)27-20(31)11-30-18-10-15(7-8-19(18)33-14(3)23(30)32)17-12-34-22(26-17)16-6-4-5-9-25-16/h4-10,12-14H,11H2,1-3H3,(H,27,29,31). The lowest BCUT2D eigenvalue weighted by molar-refractivity contribution is -0.127. The van der Waals surface area contributed by atoms with Crippen LogP contribution in [0.2, 0.25) is 0 Å². The molecule has 0 fully saturated rings. The molecule has 0 radical (unpaired) electrons. The van der Waals surface area contributed by atoms with Crippen LogP contribution in [-0.2, 0) is 9.59 Å². The summed E-state index contributed by atoms with van der Waals surface area (Å²) in [6.45, 7) is 5.52. The molecule has 0 aliphatic carbocycles. The maximum atomic E-state index is 13.0. The number of hydrogen-bond acceptors (Lipinski definition) is 9. The van der Waals surface area contributed by atoms with Crippen molar-refractivity contribution in [2.75, 3.05) is 16.8 Å². The molecule has 1 unspecified atom stereocenters. The average molecular weight is 507 g/mol. The van der Waals surface area contributed by atoms with E-state index in [1.807, 2.05) is 49.6 Å².